The zero-order valence-corrected chi connectivity index (χ0v) is 9.96. The molecule has 2 rings (SSSR count). The van der Waals surface area contributed by atoms with Crippen molar-refractivity contribution in [3.05, 3.63) is 36.2 Å². The predicted molar refractivity (Wildman–Crippen MR) is 61.0 cm³/mol. The highest BCUT2D eigenvalue weighted by Gasteiger charge is 2.32. The second-order valence-corrected chi connectivity index (χ2v) is 4.02. The molecule has 1 aromatic heterocycles. The Kier molecular flexibility index (Phi) is 3.65. The standard InChI is InChI=1S/C10H6F3N3O2S/c11-10(12,13)18-7-4-2-1-3-6(7)8(17)16-9-14-5-15-19-9/h1-5H,(H,14,15,16,17). The first kappa shape index (κ1) is 13.3. The Morgan fingerprint density at radius 2 is 2.05 bits per heavy atom. The van der Waals surface area contributed by atoms with Crippen LogP contribution in [0, 0.1) is 0 Å². The summed E-state index contributed by atoms with van der Waals surface area (Å²) >= 11 is 0.909. The Balaban J connectivity index is 2.21. The third-order valence-electron chi connectivity index (χ3n) is 1.94. The summed E-state index contributed by atoms with van der Waals surface area (Å²) in [4.78, 5) is 15.5. The fraction of sp³-hybridized carbons (Fsp3) is 0.100. The summed E-state index contributed by atoms with van der Waals surface area (Å²) in [5.41, 5.74) is -0.241. The van der Waals surface area contributed by atoms with Crippen molar-refractivity contribution in [1.82, 2.24) is 9.36 Å². The van der Waals surface area contributed by atoms with Crippen LogP contribution in [0.2, 0.25) is 0 Å². The molecule has 0 saturated carbocycles. The molecule has 1 N–H and O–H groups in total. The van der Waals surface area contributed by atoms with Gasteiger partial charge >= 0.3 is 6.36 Å². The third-order valence-corrected chi connectivity index (χ3v) is 2.52. The highest BCUT2D eigenvalue weighted by Crippen LogP contribution is 2.26. The topological polar surface area (TPSA) is 64.1 Å². The molecule has 9 heteroatoms. The summed E-state index contributed by atoms with van der Waals surface area (Å²) in [5, 5.41) is 2.51. The van der Waals surface area contributed by atoms with E-state index in [2.05, 4.69) is 19.4 Å². The number of para-hydroxylation sites is 1. The SMILES string of the molecule is O=C(Nc1ncns1)c1ccccc1OC(F)(F)F. The fourth-order valence-corrected chi connectivity index (χ4v) is 1.69. The number of rotatable bonds is 3. The molecule has 0 unspecified atom stereocenters. The van der Waals surface area contributed by atoms with Gasteiger partial charge in [-0.15, -0.1) is 13.2 Å². The molecule has 1 aromatic carbocycles. The van der Waals surface area contributed by atoms with Gasteiger partial charge in [0, 0.05) is 11.5 Å². The van der Waals surface area contributed by atoms with Gasteiger partial charge in [0.2, 0.25) is 5.13 Å². The molecule has 0 bridgehead atoms. The molecule has 0 fully saturated rings. The first-order valence-corrected chi connectivity index (χ1v) is 5.66. The maximum absolute atomic E-state index is 12.2. The zero-order chi connectivity index (χ0) is 13.9. The van der Waals surface area contributed by atoms with E-state index in [1.165, 1.54) is 24.5 Å². The molecular weight excluding hydrogens is 283 g/mol. The number of alkyl halides is 3. The zero-order valence-electron chi connectivity index (χ0n) is 9.14. The molecular formula is C10H6F3N3O2S. The molecule has 1 heterocycles. The first-order chi connectivity index (χ1) is 8.96. The van der Waals surface area contributed by atoms with E-state index in [1.807, 2.05) is 0 Å². The highest BCUT2D eigenvalue weighted by molar-refractivity contribution is 7.09. The van der Waals surface area contributed by atoms with Crippen LogP contribution in [-0.2, 0) is 0 Å². The van der Waals surface area contributed by atoms with Crippen LogP contribution in [0.3, 0.4) is 0 Å². The van der Waals surface area contributed by atoms with Crippen LogP contribution in [0.5, 0.6) is 5.75 Å². The van der Waals surface area contributed by atoms with Crippen molar-refractivity contribution in [2.75, 3.05) is 5.32 Å². The second-order valence-electron chi connectivity index (χ2n) is 3.24. The number of amides is 1. The van der Waals surface area contributed by atoms with Gasteiger partial charge in [-0.25, -0.2) is 4.98 Å². The number of nitrogens with one attached hydrogen (secondary N) is 1. The first-order valence-electron chi connectivity index (χ1n) is 4.88. The number of halogens is 3. The van der Waals surface area contributed by atoms with E-state index in [0.29, 0.717) is 0 Å². The number of hydrogen-bond acceptors (Lipinski definition) is 5. The maximum Gasteiger partial charge on any atom is 0.573 e. The van der Waals surface area contributed by atoms with E-state index in [9.17, 15) is 18.0 Å². The third kappa shape index (κ3) is 3.65. The van der Waals surface area contributed by atoms with E-state index in [1.54, 1.807) is 0 Å². The monoisotopic (exact) mass is 289 g/mol. The lowest BCUT2D eigenvalue weighted by Crippen LogP contribution is -2.20. The van der Waals surface area contributed by atoms with Crippen LogP contribution >= 0.6 is 11.5 Å². The Bertz CT molecular complexity index is 572. The number of benzene rings is 1. The van der Waals surface area contributed by atoms with Crippen molar-refractivity contribution >= 4 is 22.6 Å². The summed E-state index contributed by atoms with van der Waals surface area (Å²) in [6, 6.07) is 5.04. The molecule has 0 radical (unpaired) electrons. The van der Waals surface area contributed by atoms with Crippen molar-refractivity contribution in [3.8, 4) is 5.75 Å². The minimum Gasteiger partial charge on any atom is -0.405 e. The van der Waals surface area contributed by atoms with Gasteiger partial charge in [0.05, 0.1) is 5.56 Å². The Hall–Kier alpha value is -2.16. The number of aromatic nitrogens is 2. The molecule has 1 amide bonds. The number of nitrogens with zero attached hydrogens (tertiary/aromatic N) is 2. The van der Waals surface area contributed by atoms with E-state index in [-0.39, 0.29) is 10.7 Å². The van der Waals surface area contributed by atoms with E-state index >= 15 is 0 Å². The minimum absolute atomic E-state index is 0.187. The lowest BCUT2D eigenvalue weighted by molar-refractivity contribution is -0.274. The normalized spacial score (nSPS) is 11.1. The molecule has 0 aliphatic carbocycles. The van der Waals surface area contributed by atoms with Crippen molar-refractivity contribution in [1.29, 1.82) is 0 Å². The molecule has 19 heavy (non-hydrogen) atoms. The van der Waals surface area contributed by atoms with E-state index in [0.717, 1.165) is 17.6 Å². The largest absolute Gasteiger partial charge is 0.573 e. The number of carbonyl (C=O) groups is 1. The smallest absolute Gasteiger partial charge is 0.405 e. The Labute approximate surface area is 109 Å². The molecule has 0 spiro atoms. The van der Waals surface area contributed by atoms with E-state index in [4.69, 9.17) is 0 Å². The molecule has 100 valence electrons. The van der Waals surface area contributed by atoms with Crippen LogP contribution in [-0.4, -0.2) is 21.6 Å². The van der Waals surface area contributed by atoms with Crippen LogP contribution in [0.25, 0.3) is 0 Å². The summed E-state index contributed by atoms with van der Waals surface area (Å²) in [7, 11) is 0. The summed E-state index contributed by atoms with van der Waals surface area (Å²) in [6.45, 7) is 0. The maximum atomic E-state index is 12.2. The van der Waals surface area contributed by atoms with Crippen LogP contribution in [0.4, 0.5) is 18.3 Å². The van der Waals surface area contributed by atoms with Gasteiger partial charge in [0.1, 0.15) is 12.1 Å². The van der Waals surface area contributed by atoms with Crippen LogP contribution < -0.4 is 10.1 Å². The van der Waals surface area contributed by atoms with Gasteiger partial charge in [-0.2, -0.15) is 4.37 Å². The van der Waals surface area contributed by atoms with Gasteiger partial charge in [0.25, 0.3) is 5.91 Å². The fourth-order valence-electron chi connectivity index (χ4n) is 1.26. The van der Waals surface area contributed by atoms with Gasteiger partial charge in [-0.1, -0.05) is 12.1 Å². The number of ether oxygens (including phenoxy) is 1. The lowest BCUT2D eigenvalue weighted by Gasteiger charge is -2.12. The Morgan fingerprint density at radius 1 is 1.32 bits per heavy atom. The summed E-state index contributed by atoms with van der Waals surface area (Å²) in [5.74, 6) is -1.33. The molecule has 0 saturated heterocycles. The van der Waals surface area contributed by atoms with Gasteiger partial charge in [-0.3, -0.25) is 10.1 Å². The highest BCUT2D eigenvalue weighted by atomic mass is 32.1. The van der Waals surface area contributed by atoms with Crippen molar-refractivity contribution in [2.24, 2.45) is 0 Å². The number of carbonyl (C=O) groups excluding carboxylic acids is 1. The van der Waals surface area contributed by atoms with Crippen LogP contribution in [0.15, 0.2) is 30.6 Å². The van der Waals surface area contributed by atoms with E-state index < -0.39 is 18.0 Å². The van der Waals surface area contributed by atoms with Gasteiger partial charge in [0.15, 0.2) is 0 Å². The lowest BCUT2D eigenvalue weighted by atomic mass is 10.2. The molecule has 0 aliphatic heterocycles. The quantitative estimate of drug-likeness (QED) is 0.943. The molecule has 0 atom stereocenters. The molecule has 5 nitrogen and oxygen atoms in total. The van der Waals surface area contributed by atoms with Crippen molar-refractivity contribution in [3.63, 3.8) is 0 Å². The number of anilines is 1. The summed E-state index contributed by atoms with van der Waals surface area (Å²) < 4.78 is 44.0. The number of hydrogen-bond donors (Lipinski definition) is 1. The predicted octanol–water partition coefficient (Wildman–Crippen LogP) is 2.69. The van der Waals surface area contributed by atoms with Gasteiger partial charge < -0.3 is 4.74 Å². The average molecular weight is 289 g/mol. The average Bonchev–Trinajstić information content (AvgIpc) is 2.80. The van der Waals surface area contributed by atoms with Crippen molar-refractivity contribution < 1.29 is 22.7 Å². The summed E-state index contributed by atoms with van der Waals surface area (Å²) in [6.07, 6.45) is -3.64. The van der Waals surface area contributed by atoms with Crippen molar-refractivity contribution in [2.45, 2.75) is 6.36 Å². The molecule has 0 aliphatic rings. The second kappa shape index (κ2) is 5.22. The molecule has 2 aromatic rings. The van der Waals surface area contributed by atoms with Gasteiger partial charge in [-0.05, 0) is 12.1 Å². The van der Waals surface area contributed by atoms with Crippen LogP contribution in [0.1, 0.15) is 10.4 Å². The Morgan fingerprint density at radius 3 is 2.68 bits per heavy atom. The minimum atomic E-state index is -4.86.